The van der Waals surface area contributed by atoms with Gasteiger partial charge in [0.15, 0.2) is 12.3 Å². The van der Waals surface area contributed by atoms with E-state index in [-0.39, 0.29) is 12.5 Å². The van der Waals surface area contributed by atoms with Gasteiger partial charge < -0.3 is 9.64 Å². The molecule has 4 rings (SSSR count). The number of ether oxygens (including phenoxy) is 1. The van der Waals surface area contributed by atoms with Gasteiger partial charge in [-0.25, -0.2) is 9.78 Å². The fourth-order valence-corrected chi connectivity index (χ4v) is 3.84. The van der Waals surface area contributed by atoms with Gasteiger partial charge in [-0.05, 0) is 25.5 Å². The first-order chi connectivity index (χ1) is 16.0. The standard InChI is InChI=1S/C26H26N4O3/c1-4-30(16-19-11-7-5-8-12-19)23(31)17-33-26(32)21-15-22(20-13-9-6-10-14-20)27-25-24(21)18(2)28-29(25)3/h5-15H,4,16-17H2,1-3H3. The van der Waals surface area contributed by atoms with Gasteiger partial charge in [0.05, 0.1) is 22.3 Å². The van der Waals surface area contributed by atoms with Crippen LogP contribution in [0.2, 0.25) is 0 Å². The van der Waals surface area contributed by atoms with Gasteiger partial charge in [-0.2, -0.15) is 5.10 Å². The van der Waals surface area contributed by atoms with Crippen LogP contribution >= 0.6 is 0 Å². The third-order valence-corrected chi connectivity index (χ3v) is 5.54. The summed E-state index contributed by atoms with van der Waals surface area (Å²) in [4.78, 5) is 32.2. The van der Waals surface area contributed by atoms with E-state index in [0.717, 1.165) is 11.1 Å². The molecule has 0 saturated carbocycles. The zero-order chi connectivity index (χ0) is 23.4. The highest BCUT2D eigenvalue weighted by Crippen LogP contribution is 2.27. The molecule has 2 aromatic heterocycles. The van der Waals surface area contributed by atoms with Crippen LogP contribution in [0.15, 0.2) is 66.7 Å². The molecular weight excluding hydrogens is 416 g/mol. The van der Waals surface area contributed by atoms with E-state index >= 15 is 0 Å². The van der Waals surface area contributed by atoms with E-state index in [9.17, 15) is 9.59 Å². The molecule has 33 heavy (non-hydrogen) atoms. The summed E-state index contributed by atoms with van der Waals surface area (Å²) in [6, 6.07) is 21.0. The first-order valence-electron chi connectivity index (χ1n) is 10.9. The number of pyridine rings is 1. The lowest BCUT2D eigenvalue weighted by atomic mass is 10.1. The number of benzene rings is 2. The molecule has 2 heterocycles. The average Bonchev–Trinajstić information content (AvgIpc) is 3.14. The Morgan fingerprint density at radius 2 is 1.70 bits per heavy atom. The number of esters is 1. The number of hydrogen-bond acceptors (Lipinski definition) is 5. The van der Waals surface area contributed by atoms with Crippen molar-refractivity contribution < 1.29 is 14.3 Å². The molecule has 0 fully saturated rings. The van der Waals surface area contributed by atoms with E-state index in [4.69, 9.17) is 9.72 Å². The molecule has 0 aliphatic rings. The van der Waals surface area contributed by atoms with E-state index in [1.54, 1.807) is 22.7 Å². The molecule has 0 aliphatic carbocycles. The van der Waals surface area contributed by atoms with E-state index in [0.29, 0.717) is 41.1 Å². The summed E-state index contributed by atoms with van der Waals surface area (Å²) < 4.78 is 7.13. The van der Waals surface area contributed by atoms with E-state index in [1.807, 2.05) is 74.5 Å². The minimum Gasteiger partial charge on any atom is -0.452 e. The molecule has 4 aromatic rings. The Kier molecular flexibility index (Phi) is 6.49. The van der Waals surface area contributed by atoms with Gasteiger partial charge in [-0.1, -0.05) is 60.7 Å². The fourth-order valence-electron chi connectivity index (χ4n) is 3.84. The van der Waals surface area contributed by atoms with Crippen LogP contribution in [0, 0.1) is 6.92 Å². The Morgan fingerprint density at radius 1 is 1.03 bits per heavy atom. The number of carbonyl (C=O) groups excluding carboxylic acids is 2. The van der Waals surface area contributed by atoms with Gasteiger partial charge in [0.2, 0.25) is 0 Å². The summed E-state index contributed by atoms with van der Waals surface area (Å²) in [5.41, 5.74) is 4.16. The number of aromatic nitrogens is 3. The molecule has 168 valence electrons. The van der Waals surface area contributed by atoms with Crippen molar-refractivity contribution in [2.45, 2.75) is 20.4 Å². The van der Waals surface area contributed by atoms with Crippen molar-refractivity contribution in [3.63, 3.8) is 0 Å². The predicted molar refractivity (Wildman–Crippen MR) is 126 cm³/mol. The minimum atomic E-state index is -0.570. The van der Waals surface area contributed by atoms with Crippen molar-refractivity contribution in [3.8, 4) is 11.3 Å². The summed E-state index contributed by atoms with van der Waals surface area (Å²) in [5.74, 6) is -0.814. The van der Waals surface area contributed by atoms with Crippen molar-refractivity contribution in [1.29, 1.82) is 0 Å². The Morgan fingerprint density at radius 3 is 2.36 bits per heavy atom. The number of amides is 1. The number of nitrogens with zero attached hydrogens (tertiary/aromatic N) is 4. The van der Waals surface area contributed by atoms with Gasteiger partial charge in [0.25, 0.3) is 5.91 Å². The zero-order valence-corrected chi connectivity index (χ0v) is 19.0. The van der Waals surface area contributed by atoms with Crippen molar-refractivity contribution in [3.05, 3.63) is 83.6 Å². The second kappa shape index (κ2) is 9.65. The smallest absolute Gasteiger partial charge is 0.339 e. The lowest BCUT2D eigenvalue weighted by Crippen LogP contribution is -2.34. The summed E-state index contributed by atoms with van der Waals surface area (Å²) in [6.07, 6.45) is 0. The highest BCUT2D eigenvalue weighted by molar-refractivity contribution is 6.05. The van der Waals surface area contributed by atoms with Crippen LogP contribution in [0.3, 0.4) is 0 Å². The molecule has 0 unspecified atom stereocenters. The van der Waals surface area contributed by atoms with Crippen molar-refractivity contribution >= 4 is 22.9 Å². The predicted octanol–water partition coefficient (Wildman–Crippen LogP) is 4.15. The summed E-state index contributed by atoms with van der Waals surface area (Å²) in [7, 11) is 1.79. The Balaban J connectivity index is 1.58. The molecule has 1 amide bonds. The number of likely N-dealkylation sites (N-methyl/N-ethyl adjacent to an activating group) is 1. The first kappa shape index (κ1) is 22.2. The maximum Gasteiger partial charge on any atom is 0.339 e. The third-order valence-electron chi connectivity index (χ3n) is 5.54. The molecule has 0 spiro atoms. The molecule has 0 atom stereocenters. The van der Waals surface area contributed by atoms with E-state index in [2.05, 4.69) is 5.10 Å². The second-order valence-electron chi connectivity index (χ2n) is 7.80. The van der Waals surface area contributed by atoms with Crippen molar-refractivity contribution in [2.24, 2.45) is 7.05 Å². The lowest BCUT2D eigenvalue weighted by Gasteiger charge is -2.21. The van der Waals surface area contributed by atoms with Gasteiger partial charge in [0, 0.05) is 25.7 Å². The number of hydrogen-bond donors (Lipinski definition) is 0. The molecule has 7 heteroatoms. The Labute approximate surface area is 192 Å². The fraction of sp³-hybridized carbons (Fsp3) is 0.231. The molecule has 0 saturated heterocycles. The molecule has 2 aromatic carbocycles. The van der Waals surface area contributed by atoms with Crippen molar-refractivity contribution in [2.75, 3.05) is 13.2 Å². The Bertz CT molecular complexity index is 1280. The normalized spacial score (nSPS) is 10.9. The zero-order valence-electron chi connectivity index (χ0n) is 19.0. The molecule has 0 radical (unpaired) electrons. The van der Waals surface area contributed by atoms with Crippen LogP contribution in [0.25, 0.3) is 22.3 Å². The van der Waals surface area contributed by atoms with Gasteiger partial charge in [-0.3, -0.25) is 9.48 Å². The van der Waals surface area contributed by atoms with Crippen LogP contribution in [0.5, 0.6) is 0 Å². The first-order valence-corrected chi connectivity index (χ1v) is 10.9. The Hall–Kier alpha value is -4.00. The molecule has 0 aliphatic heterocycles. The number of aryl methyl sites for hydroxylation is 2. The third kappa shape index (κ3) is 4.77. The highest BCUT2D eigenvalue weighted by atomic mass is 16.5. The number of carbonyl (C=O) groups is 2. The monoisotopic (exact) mass is 442 g/mol. The van der Waals surface area contributed by atoms with Crippen molar-refractivity contribution in [1.82, 2.24) is 19.7 Å². The van der Waals surface area contributed by atoms with E-state index in [1.165, 1.54) is 0 Å². The minimum absolute atomic E-state index is 0.244. The topological polar surface area (TPSA) is 77.3 Å². The van der Waals surface area contributed by atoms with Gasteiger partial charge >= 0.3 is 5.97 Å². The molecular formula is C26H26N4O3. The second-order valence-corrected chi connectivity index (χ2v) is 7.80. The largest absolute Gasteiger partial charge is 0.452 e. The maximum absolute atomic E-state index is 13.1. The summed E-state index contributed by atoms with van der Waals surface area (Å²) in [5, 5.41) is 5.05. The van der Waals surface area contributed by atoms with Crippen LogP contribution in [-0.4, -0.2) is 44.7 Å². The average molecular weight is 443 g/mol. The van der Waals surface area contributed by atoms with E-state index < -0.39 is 5.97 Å². The summed E-state index contributed by atoms with van der Waals surface area (Å²) >= 11 is 0. The molecule has 7 nitrogen and oxygen atoms in total. The van der Waals surface area contributed by atoms with Crippen LogP contribution < -0.4 is 0 Å². The summed E-state index contributed by atoms with van der Waals surface area (Å²) in [6.45, 7) is 4.38. The SMILES string of the molecule is CCN(Cc1ccccc1)C(=O)COC(=O)c1cc(-c2ccccc2)nc2c1c(C)nn2C. The molecule has 0 N–H and O–H groups in total. The van der Waals surface area contributed by atoms with Gasteiger partial charge in [-0.15, -0.1) is 0 Å². The lowest BCUT2D eigenvalue weighted by molar-refractivity contribution is -0.134. The molecule has 0 bridgehead atoms. The van der Waals surface area contributed by atoms with Crippen LogP contribution in [0.1, 0.15) is 28.5 Å². The number of rotatable bonds is 7. The van der Waals surface area contributed by atoms with Crippen LogP contribution in [-0.2, 0) is 23.1 Å². The number of fused-ring (bicyclic) bond motifs is 1. The van der Waals surface area contributed by atoms with Crippen LogP contribution in [0.4, 0.5) is 0 Å². The van der Waals surface area contributed by atoms with Gasteiger partial charge in [0.1, 0.15) is 0 Å². The quantitative estimate of drug-likeness (QED) is 0.402. The maximum atomic E-state index is 13.1. The highest BCUT2D eigenvalue weighted by Gasteiger charge is 2.22.